The molecule has 1 aromatic carbocycles. The van der Waals surface area contributed by atoms with E-state index < -0.39 is 0 Å². The standard InChI is InChI=1S/C15H19N3O2/c1-3-10-11(12-9-17-18(2)15(12)16)5-6-13-14(10)20-8-4-7-19-13/h5-6,9H,3-4,7-8,16H2,1-2H3. The van der Waals surface area contributed by atoms with E-state index >= 15 is 0 Å². The number of nitrogens with two attached hydrogens (primary N) is 1. The number of aryl methyl sites for hydroxylation is 1. The Morgan fingerprint density at radius 3 is 2.75 bits per heavy atom. The van der Waals surface area contributed by atoms with Gasteiger partial charge in [0.2, 0.25) is 0 Å². The second-order valence-electron chi connectivity index (χ2n) is 4.89. The first-order valence-electron chi connectivity index (χ1n) is 6.91. The van der Waals surface area contributed by atoms with Crippen LogP contribution >= 0.6 is 0 Å². The molecule has 0 bridgehead atoms. The number of hydrogen-bond acceptors (Lipinski definition) is 4. The van der Waals surface area contributed by atoms with Crippen LogP contribution in [0.15, 0.2) is 18.3 Å². The summed E-state index contributed by atoms with van der Waals surface area (Å²) in [5, 5.41) is 4.22. The number of nitrogens with zero attached hydrogens (tertiary/aromatic N) is 2. The highest BCUT2D eigenvalue weighted by molar-refractivity contribution is 5.79. The van der Waals surface area contributed by atoms with Gasteiger partial charge < -0.3 is 15.2 Å². The van der Waals surface area contributed by atoms with Crippen molar-refractivity contribution in [3.63, 3.8) is 0 Å². The molecule has 106 valence electrons. The second-order valence-corrected chi connectivity index (χ2v) is 4.89. The molecule has 0 spiro atoms. The van der Waals surface area contributed by atoms with Gasteiger partial charge in [-0.2, -0.15) is 5.10 Å². The molecule has 2 aromatic rings. The van der Waals surface area contributed by atoms with Gasteiger partial charge in [-0.1, -0.05) is 6.92 Å². The van der Waals surface area contributed by atoms with Gasteiger partial charge in [0.1, 0.15) is 5.82 Å². The summed E-state index contributed by atoms with van der Waals surface area (Å²) in [5.74, 6) is 2.34. The van der Waals surface area contributed by atoms with E-state index in [1.807, 2.05) is 19.2 Å². The van der Waals surface area contributed by atoms with Crippen LogP contribution in [0.1, 0.15) is 18.9 Å². The molecule has 20 heavy (non-hydrogen) atoms. The summed E-state index contributed by atoms with van der Waals surface area (Å²) in [6, 6.07) is 4.00. The zero-order chi connectivity index (χ0) is 14.1. The molecule has 0 aliphatic carbocycles. The Morgan fingerprint density at radius 2 is 2.05 bits per heavy atom. The quantitative estimate of drug-likeness (QED) is 0.912. The predicted octanol–water partition coefficient (Wildman–Crippen LogP) is 2.39. The predicted molar refractivity (Wildman–Crippen MR) is 78.0 cm³/mol. The lowest BCUT2D eigenvalue weighted by molar-refractivity contribution is 0.296. The van der Waals surface area contributed by atoms with Gasteiger partial charge >= 0.3 is 0 Å². The van der Waals surface area contributed by atoms with Crippen molar-refractivity contribution in [2.45, 2.75) is 19.8 Å². The summed E-state index contributed by atoms with van der Waals surface area (Å²) in [6.07, 6.45) is 3.56. The van der Waals surface area contributed by atoms with Crippen LogP contribution in [0.5, 0.6) is 11.5 Å². The molecular formula is C15H19N3O2. The van der Waals surface area contributed by atoms with Crippen LogP contribution in [0.2, 0.25) is 0 Å². The Labute approximate surface area is 118 Å². The summed E-state index contributed by atoms with van der Waals surface area (Å²) in [4.78, 5) is 0. The van der Waals surface area contributed by atoms with Crippen LogP contribution in [0.4, 0.5) is 5.82 Å². The van der Waals surface area contributed by atoms with Gasteiger partial charge in [0, 0.05) is 24.6 Å². The van der Waals surface area contributed by atoms with Crippen molar-refractivity contribution < 1.29 is 9.47 Å². The van der Waals surface area contributed by atoms with Gasteiger partial charge in [-0.05, 0) is 24.1 Å². The highest BCUT2D eigenvalue weighted by Crippen LogP contribution is 2.41. The Bertz CT molecular complexity index is 634. The lowest BCUT2D eigenvalue weighted by Gasteiger charge is -2.15. The molecule has 5 nitrogen and oxygen atoms in total. The molecule has 0 atom stereocenters. The molecule has 2 heterocycles. The number of aromatic nitrogens is 2. The fraction of sp³-hybridized carbons (Fsp3) is 0.400. The van der Waals surface area contributed by atoms with Crippen LogP contribution in [0.25, 0.3) is 11.1 Å². The largest absolute Gasteiger partial charge is 0.490 e. The van der Waals surface area contributed by atoms with Crippen molar-refractivity contribution in [2.75, 3.05) is 18.9 Å². The monoisotopic (exact) mass is 273 g/mol. The normalized spacial score (nSPS) is 14.1. The minimum absolute atomic E-state index is 0.661. The minimum Gasteiger partial charge on any atom is -0.490 e. The van der Waals surface area contributed by atoms with E-state index in [1.165, 1.54) is 0 Å². The van der Waals surface area contributed by atoms with E-state index in [0.717, 1.165) is 41.0 Å². The summed E-state index contributed by atoms with van der Waals surface area (Å²) >= 11 is 0. The average molecular weight is 273 g/mol. The van der Waals surface area contributed by atoms with E-state index in [0.29, 0.717) is 19.0 Å². The molecular weight excluding hydrogens is 254 g/mol. The Hall–Kier alpha value is -2.17. The molecule has 0 saturated carbocycles. The maximum absolute atomic E-state index is 6.09. The maximum Gasteiger partial charge on any atom is 0.164 e. The van der Waals surface area contributed by atoms with Crippen molar-refractivity contribution in [3.05, 3.63) is 23.9 Å². The molecule has 5 heteroatoms. The van der Waals surface area contributed by atoms with Gasteiger partial charge in [-0.25, -0.2) is 0 Å². The molecule has 1 aromatic heterocycles. The third-order valence-electron chi connectivity index (χ3n) is 3.65. The lowest BCUT2D eigenvalue weighted by atomic mass is 9.98. The summed E-state index contributed by atoms with van der Waals surface area (Å²) in [7, 11) is 1.84. The number of rotatable bonds is 2. The van der Waals surface area contributed by atoms with E-state index in [-0.39, 0.29) is 0 Å². The van der Waals surface area contributed by atoms with Crippen LogP contribution in [0.3, 0.4) is 0 Å². The summed E-state index contributed by atoms with van der Waals surface area (Å²) < 4.78 is 13.3. The highest BCUT2D eigenvalue weighted by Gasteiger charge is 2.20. The first-order valence-corrected chi connectivity index (χ1v) is 6.91. The molecule has 0 amide bonds. The number of anilines is 1. The molecule has 1 aliphatic rings. The van der Waals surface area contributed by atoms with Crippen LogP contribution in [-0.2, 0) is 13.5 Å². The Balaban J connectivity index is 2.17. The number of ether oxygens (including phenoxy) is 2. The minimum atomic E-state index is 0.661. The third-order valence-corrected chi connectivity index (χ3v) is 3.65. The molecule has 0 unspecified atom stereocenters. The van der Waals surface area contributed by atoms with Gasteiger partial charge in [-0.3, -0.25) is 4.68 Å². The van der Waals surface area contributed by atoms with Crippen molar-refractivity contribution in [1.82, 2.24) is 9.78 Å². The van der Waals surface area contributed by atoms with Gasteiger partial charge in [-0.15, -0.1) is 0 Å². The number of benzene rings is 1. The molecule has 0 radical (unpaired) electrons. The lowest BCUT2D eigenvalue weighted by Crippen LogP contribution is -2.01. The highest BCUT2D eigenvalue weighted by atomic mass is 16.5. The number of hydrogen-bond donors (Lipinski definition) is 1. The van der Waals surface area contributed by atoms with Crippen LogP contribution in [0, 0.1) is 0 Å². The Kier molecular flexibility index (Phi) is 3.26. The van der Waals surface area contributed by atoms with Gasteiger partial charge in [0.05, 0.1) is 19.4 Å². The third kappa shape index (κ3) is 1.99. The van der Waals surface area contributed by atoms with Crippen molar-refractivity contribution >= 4 is 5.82 Å². The molecule has 0 fully saturated rings. The van der Waals surface area contributed by atoms with E-state index in [1.54, 1.807) is 10.9 Å². The first-order chi connectivity index (χ1) is 9.72. The van der Waals surface area contributed by atoms with E-state index in [4.69, 9.17) is 15.2 Å². The molecule has 0 saturated heterocycles. The average Bonchev–Trinajstić information content (AvgIpc) is 2.69. The molecule has 1 aliphatic heterocycles. The zero-order valence-corrected chi connectivity index (χ0v) is 11.8. The van der Waals surface area contributed by atoms with E-state index in [2.05, 4.69) is 12.0 Å². The first kappa shape index (κ1) is 12.8. The Morgan fingerprint density at radius 1 is 1.25 bits per heavy atom. The van der Waals surface area contributed by atoms with Crippen molar-refractivity contribution in [1.29, 1.82) is 0 Å². The fourth-order valence-electron chi connectivity index (χ4n) is 2.55. The smallest absolute Gasteiger partial charge is 0.164 e. The van der Waals surface area contributed by atoms with Crippen LogP contribution < -0.4 is 15.2 Å². The number of nitrogen functional groups attached to an aromatic ring is 1. The molecule has 2 N–H and O–H groups in total. The summed E-state index contributed by atoms with van der Waals surface area (Å²) in [5.41, 5.74) is 9.24. The topological polar surface area (TPSA) is 62.3 Å². The van der Waals surface area contributed by atoms with Crippen molar-refractivity contribution in [2.24, 2.45) is 7.05 Å². The van der Waals surface area contributed by atoms with Crippen LogP contribution in [-0.4, -0.2) is 23.0 Å². The van der Waals surface area contributed by atoms with E-state index in [9.17, 15) is 0 Å². The van der Waals surface area contributed by atoms with Gasteiger partial charge in [0.25, 0.3) is 0 Å². The van der Waals surface area contributed by atoms with Crippen molar-refractivity contribution in [3.8, 4) is 22.6 Å². The number of fused-ring (bicyclic) bond motifs is 1. The van der Waals surface area contributed by atoms with Gasteiger partial charge in [0.15, 0.2) is 11.5 Å². The SMILES string of the molecule is CCc1c(-c2cnn(C)c2N)ccc2c1OCCCO2. The fourth-order valence-corrected chi connectivity index (χ4v) is 2.55. The molecule has 3 rings (SSSR count). The summed E-state index contributed by atoms with van der Waals surface area (Å²) in [6.45, 7) is 3.50. The zero-order valence-electron chi connectivity index (χ0n) is 11.8. The second kappa shape index (κ2) is 5.07. The maximum atomic E-state index is 6.09.